The van der Waals surface area contributed by atoms with Crippen molar-refractivity contribution in [3.8, 4) is 0 Å². The first kappa shape index (κ1) is 23.4. The quantitative estimate of drug-likeness (QED) is 0.450. The van der Waals surface area contributed by atoms with E-state index in [0.29, 0.717) is 10.8 Å². The highest BCUT2D eigenvalue weighted by molar-refractivity contribution is 5.63. The van der Waals surface area contributed by atoms with Gasteiger partial charge in [0.05, 0.1) is 6.10 Å². The van der Waals surface area contributed by atoms with Crippen molar-refractivity contribution in [1.29, 1.82) is 0 Å². The van der Waals surface area contributed by atoms with Crippen LogP contribution in [0.1, 0.15) is 97.5 Å². The zero-order chi connectivity index (χ0) is 23.2. The van der Waals surface area contributed by atoms with Crippen molar-refractivity contribution >= 4 is 5.57 Å². The molecule has 0 heterocycles. The second-order valence-corrected chi connectivity index (χ2v) is 12.7. The van der Waals surface area contributed by atoms with Gasteiger partial charge in [0.2, 0.25) is 0 Å². The maximum Gasteiger partial charge on any atom is 0.0577 e. The normalized spacial score (nSPS) is 41.5. The van der Waals surface area contributed by atoms with Crippen LogP contribution < -0.4 is 0 Å². The summed E-state index contributed by atoms with van der Waals surface area (Å²) in [7, 11) is 0. The van der Waals surface area contributed by atoms with Crippen LogP contribution in [0.4, 0.5) is 0 Å². The highest BCUT2D eigenvalue weighted by Gasteiger charge is 2.59. The maximum absolute atomic E-state index is 10.3. The van der Waals surface area contributed by atoms with Crippen LogP contribution in [0.15, 0.2) is 48.1 Å². The maximum atomic E-state index is 10.3. The molecule has 1 aromatic rings. The molecule has 0 saturated heterocycles. The largest absolute Gasteiger partial charge is 0.393 e. The highest BCUT2D eigenvalue weighted by atomic mass is 16.3. The van der Waals surface area contributed by atoms with Crippen LogP contribution >= 0.6 is 0 Å². The van der Waals surface area contributed by atoms with E-state index in [9.17, 15) is 5.11 Å². The summed E-state index contributed by atoms with van der Waals surface area (Å²) in [4.78, 5) is 0. The van der Waals surface area contributed by atoms with Gasteiger partial charge in [-0.1, -0.05) is 68.8 Å². The third-order valence-corrected chi connectivity index (χ3v) is 11.1. The van der Waals surface area contributed by atoms with Gasteiger partial charge in [0.1, 0.15) is 0 Å². The number of hydrogen-bond acceptors (Lipinski definition) is 1. The Hall–Kier alpha value is -1.34. The molecule has 4 aliphatic carbocycles. The molecular formula is C32H46O. The molecule has 3 saturated carbocycles. The van der Waals surface area contributed by atoms with Crippen LogP contribution in [0.2, 0.25) is 0 Å². The standard InChI is InChI=1S/C32H46O/c1-22(24-11-6-5-7-12-24)9-8-10-23(2)28-15-16-29-27-14-13-25-21-26(33)17-19-31(25,3)30(27)18-20-32(28,29)4/h5-7,9,11-13,23,26-30,33H,8,10,14-21H2,1-4H3/b22-9+/t23-,26-,27-,28+,29-,30-,31-,32+/m0/s1. The summed E-state index contributed by atoms with van der Waals surface area (Å²) in [5.41, 5.74) is 5.30. The third-order valence-electron chi connectivity index (χ3n) is 11.1. The fraction of sp³-hybridized carbons (Fsp3) is 0.688. The zero-order valence-corrected chi connectivity index (χ0v) is 21.5. The van der Waals surface area contributed by atoms with E-state index in [4.69, 9.17) is 0 Å². The lowest BCUT2D eigenvalue weighted by Gasteiger charge is -2.58. The summed E-state index contributed by atoms with van der Waals surface area (Å²) in [6, 6.07) is 10.8. The Labute approximate surface area is 202 Å². The van der Waals surface area contributed by atoms with Gasteiger partial charge in [-0.15, -0.1) is 0 Å². The molecule has 1 aromatic carbocycles. The van der Waals surface area contributed by atoms with Gasteiger partial charge in [0.15, 0.2) is 0 Å². The molecule has 0 unspecified atom stereocenters. The second kappa shape index (κ2) is 9.03. The van der Waals surface area contributed by atoms with E-state index in [2.05, 4.69) is 70.2 Å². The predicted molar refractivity (Wildman–Crippen MR) is 140 cm³/mol. The van der Waals surface area contributed by atoms with Gasteiger partial charge in [0, 0.05) is 0 Å². The van der Waals surface area contributed by atoms with Crippen LogP contribution in [-0.4, -0.2) is 11.2 Å². The summed E-state index contributed by atoms with van der Waals surface area (Å²) >= 11 is 0. The molecule has 4 aliphatic rings. The number of aliphatic hydroxyl groups is 1. The average Bonchev–Trinajstić information content (AvgIpc) is 3.17. The van der Waals surface area contributed by atoms with Crippen molar-refractivity contribution < 1.29 is 5.11 Å². The van der Waals surface area contributed by atoms with Crippen LogP contribution in [0.5, 0.6) is 0 Å². The Morgan fingerprint density at radius 1 is 1.06 bits per heavy atom. The van der Waals surface area contributed by atoms with Crippen molar-refractivity contribution in [3.05, 3.63) is 53.6 Å². The molecule has 0 bridgehead atoms. The van der Waals surface area contributed by atoms with Crippen molar-refractivity contribution in [2.45, 2.75) is 98.0 Å². The number of aliphatic hydroxyl groups excluding tert-OH is 1. The third kappa shape index (κ3) is 4.07. The molecular weight excluding hydrogens is 400 g/mol. The lowest BCUT2D eigenvalue weighted by molar-refractivity contribution is -0.0570. The zero-order valence-electron chi connectivity index (χ0n) is 21.5. The number of hydrogen-bond donors (Lipinski definition) is 1. The monoisotopic (exact) mass is 446 g/mol. The van der Waals surface area contributed by atoms with Crippen LogP contribution in [0.3, 0.4) is 0 Å². The summed E-state index contributed by atoms with van der Waals surface area (Å²) < 4.78 is 0. The van der Waals surface area contributed by atoms with Gasteiger partial charge < -0.3 is 5.11 Å². The van der Waals surface area contributed by atoms with Gasteiger partial charge >= 0.3 is 0 Å². The molecule has 0 aliphatic heterocycles. The Bertz CT molecular complexity index is 896. The Morgan fingerprint density at radius 2 is 1.85 bits per heavy atom. The summed E-state index contributed by atoms with van der Waals surface area (Å²) in [6.45, 7) is 10.1. The van der Waals surface area contributed by atoms with Crippen molar-refractivity contribution in [2.75, 3.05) is 0 Å². The van der Waals surface area contributed by atoms with Crippen molar-refractivity contribution in [1.82, 2.24) is 0 Å². The van der Waals surface area contributed by atoms with Gasteiger partial charge in [-0.3, -0.25) is 0 Å². The highest BCUT2D eigenvalue weighted by Crippen LogP contribution is 2.67. The van der Waals surface area contributed by atoms with Crippen molar-refractivity contribution in [3.63, 3.8) is 0 Å². The van der Waals surface area contributed by atoms with Gasteiger partial charge in [-0.2, -0.15) is 0 Å². The van der Waals surface area contributed by atoms with Gasteiger partial charge in [-0.05, 0) is 123 Å². The molecule has 0 radical (unpaired) electrons. The first-order valence-electron chi connectivity index (χ1n) is 13.9. The Kier molecular flexibility index (Phi) is 6.40. The van der Waals surface area contributed by atoms with Gasteiger partial charge in [-0.25, -0.2) is 0 Å². The minimum absolute atomic E-state index is 0.0916. The number of fused-ring (bicyclic) bond motifs is 5. The first-order chi connectivity index (χ1) is 15.8. The van der Waals surface area contributed by atoms with Gasteiger partial charge in [0.25, 0.3) is 0 Å². The lowest BCUT2D eigenvalue weighted by atomic mass is 9.47. The van der Waals surface area contributed by atoms with E-state index in [1.54, 1.807) is 5.57 Å². The molecule has 1 heteroatoms. The van der Waals surface area contributed by atoms with E-state index in [-0.39, 0.29) is 6.10 Å². The molecule has 0 amide bonds. The molecule has 180 valence electrons. The average molecular weight is 447 g/mol. The fourth-order valence-electron chi connectivity index (χ4n) is 9.20. The molecule has 1 nitrogen and oxygen atoms in total. The summed E-state index contributed by atoms with van der Waals surface area (Å²) in [6.07, 6.45) is 17.7. The van der Waals surface area contributed by atoms with Crippen LogP contribution in [0.25, 0.3) is 5.57 Å². The number of allylic oxidation sites excluding steroid dienone is 3. The van der Waals surface area contributed by atoms with E-state index in [1.807, 2.05) is 0 Å². The van der Waals surface area contributed by atoms with E-state index < -0.39 is 0 Å². The van der Waals surface area contributed by atoms with E-state index >= 15 is 0 Å². The van der Waals surface area contributed by atoms with Crippen LogP contribution in [0, 0.1) is 40.4 Å². The molecule has 0 aromatic heterocycles. The fourth-order valence-corrected chi connectivity index (χ4v) is 9.20. The molecule has 0 spiro atoms. The molecule has 5 rings (SSSR count). The smallest absolute Gasteiger partial charge is 0.0577 e. The second-order valence-electron chi connectivity index (χ2n) is 12.7. The minimum Gasteiger partial charge on any atom is -0.393 e. The van der Waals surface area contributed by atoms with E-state index in [1.165, 1.54) is 62.5 Å². The first-order valence-corrected chi connectivity index (χ1v) is 13.9. The lowest BCUT2D eigenvalue weighted by Crippen LogP contribution is -2.50. The van der Waals surface area contributed by atoms with Crippen molar-refractivity contribution in [2.24, 2.45) is 40.4 Å². The predicted octanol–water partition coefficient (Wildman–Crippen LogP) is 8.45. The number of rotatable bonds is 5. The molecule has 33 heavy (non-hydrogen) atoms. The Morgan fingerprint density at radius 3 is 2.64 bits per heavy atom. The topological polar surface area (TPSA) is 20.2 Å². The molecule has 8 atom stereocenters. The van der Waals surface area contributed by atoms with Crippen LogP contribution in [-0.2, 0) is 0 Å². The Balaban J connectivity index is 1.26. The number of benzene rings is 1. The van der Waals surface area contributed by atoms with E-state index in [0.717, 1.165) is 42.4 Å². The summed E-state index contributed by atoms with van der Waals surface area (Å²) in [5, 5.41) is 10.3. The SMILES string of the molecule is C/C(=C\CC[C@H](C)[C@H]1CC[C@H]2[C@@H]3CC=C4C[C@@H](O)CC[C@]4(C)[C@H]3CC[C@]12C)c1ccccc1. The molecule has 1 N–H and O–H groups in total. The summed E-state index contributed by atoms with van der Waals surface area (Å²) in [5.74, 6) is 4.34. The molecule has 3 fully saturated rings. The minimum atomic E-state index is -0.0916.